The minimum Gasteiger partial charge on any atom is -0.484 e. The molecule has 3 rings (SSSR count). The van der Waals surface area contributed by atoms with E-state index in [0.717, 1.165) is 11.3 Å². The average molecular weight is 382 g/mol. The minimum absolute atomic E-state index is 0.129. The van der Waals surface area contributed by atoms with Gasteiger partial charge in [0.05, 0.1) is 0 Å². The largest absolute Gasteiger partial charge is 0.484 e. The molecule has 0 saturated heterocycles. The predicted molar refractivity (Wildman–Crippen MR) is 106 cm³/mol. The van der Waals surface area contributed by atoms with E-state index < -0.39 is 0 Å². The van der Waals surface area contributed by atoms with Crippen molar-refractivity contribution in [2.24, 2.45) is 0 Å². The molecule has 1 aromatic heterocycles. The van der Waals surface area contributed by atoms with E-state index >= 15 is 0 Å². The molecule has 7 heteroatoms. The summed E-state index contributed by atoms with van der Waals surface area (Å²) in [5.41, 5.74) is 1.59. The highest BCUT2D eigenvalue weighted by molar-refractivity contribution is 7.80. The van der Waals surface area contributed by atoms with Gasteiger partial charge in [0.15, 0.2) is 11.7 Å². The standard InChI is InChI=1S/C20H18N2O4S/c23-12-17-10-11-18(26-17)14-6-8-15(9-7-14)21-20(27)22-19(24)13-25-16-4-2-1-3-5-16/h1-11,23H,12-13H2,(H2,21,22,24,27). The second kappa shape index (κ2) is 8.98. The van der Waals surface area contributed by atoms with Crippen LogP contribution in [0.15, 0.2) is 71.1 Å². The van der Waals surface area contributed by atoms with Gasteiger partial charge in [0.1, 0.15) is 23.9 Å². The molecule has 0 aliphatic heterocycles. The third kappa shape index (κ3) is 5.40. The van der Waals surface area contributed by atoms with E-state index in [2.05, 4.69) is 10.6 Å². The van der Waals surface area contributed by atoms with Gasteiger partial charge < -0.3 is 19.6 Å². The van der Waals surface area contributed by atoms with Gasteiger partial charge >= 0.3 is 0 Å². The second-order valence-corrected chi connectivity index (χ2v) is 6.01. The first-order valence-electron chi connectivity index (χ1n) is 8.23. The fourth-order valence-corrected chi connectivity index (χ4v) is 2.56. The molecule has 27 heavy (non-hydrogen) atoms. The van der Waals surface area contributed by atoms with Crippen LogP contribution in [-0.2, 0) is 11.4 Å². The van der Waals surface area contributed by atoms with Gasteiger partial charge in [-0.1, -0.05) is 18.2 Å². The van der Waals surface area contributed by atoms with Crippen molar-refractivity contribution in [3.8, 4) is 17.1 Å². The lowest BCUT2D eigenvalue weighted by Crippen LogP contribution is -2.37. The Kier molecular flexibility index (Phi) is 6.19. The van der Waals surface area contributed by atoms with E-state index in [1.165, 1.54) is 0 Å². The van der Waals surface area contributed by atoms with Crippen molar-refractivity contribution < 1.29 is 19.1 Å². The molecule has 0 aliphatic carbocycles. The molecule has 0 unspecified atom stereocenters. The van der Waals surface area contributed by atoms with Crippen LogP contribution in [-0.4, -0.2) is 22.7 Å². The van der Waals surface area contributed by atoms with Gasteiger partial charge in [0.25, 0.3) is 5.91 Å². The number of rotatable bonds is 6. The van der Waals surface area contributed by atoms with Gasteiger partial charge in [-0.3, -0.25) is 10.1 Å². The molecule has 0 radical (unpaired) electrons. The zero-order valence-corrected chi connectivity index (χ0v) is 15.2. The fraction of sp³-hybridized carbons (Fsp3) is 0.100. The number of carbonyl (C=O) groups is 1. The van der Waals surface area contributed by atoms with Crippen LogP contribution < -0.4 is 15.4 Å². The quantitative estimate of drug-likeness (QED) is 0.567. The van der Waals surface area contributed by atoms with Crippen LogP contribution >= 0.6 is 12.2 Å². The highest BCUT2D eigenvalue weighted by Gasteiger charge is 2.07. The van der Waals surface area contributed by atoms with E-state index in [1.54, 1.807) is 24.3 Å². The summed E-state index contributed by atoms with van der Waals surface area (Å²) in [6.45, 7) is -0.266. The molecule has 6 nitrogen and oxygen atoms in total. The van der Waals surface area contributed by atoms with Gasteiger partial charge in [0.2, 0.25) is 0 Å². The average Bonchev–Trinajstić information content (AvgIpc) is 3.17. The Hall–Kier alpha value is -3.16. The summed E-state index contributed by atoms with van der Waals surface area (Å²) in [6, 6.07) is 19.9. The monoisotopic (exact) mass is 382 g/mol. The number of anilines is 1. The highest BCUT2D eigenvalue weighted by Crippen LogP contribution is 2.23. The predicted octanol–water partition coefficient (Wildman–Crippen LogP) is 3.33. The fourth-order valence-electron chi connectivity index (χ4n) is 2.33. The lowest BCUT2D eigenvalue weighted by Gasteiger charge is -2.10. The Morgan fingerprint density at radius 2 is 1.78 bits per heavy atom. The van der Waals surface area contributed by atoms with E-state index in [1.807, 2.05) is 42.5 Å². The molecule has 138 valence electrons. The smallest absolute Gasteiger partial charge is 0.264 e. The van der Waals surface area contributed by atoms with E-state index in [-0.39, 0.29) is 24.2 Å². The number of carbonyl (C=O) groups excluding carboxylic acids is 1. The Morgan fingerprint density at radius 3 is 2.44 bits per heavy atom. The number of amides is 1. The number of nitrogens with one attached hydrogen (secondary N) is 2. The van der Waals surface area contributed by atoms with Crippen molar-refractivity contribution in [1.29, 1.82) is 0 Å². The SMILES string of the molecule is O=C(COc1ccccc1)NC(=S)Nc1ccc(-c2ccc(CO)o2)cc1. The van der Waals surface area contributed by atoms with Crippen LogP contribution in [0.3, 0.4) is 0 Å². The summed E-state index contributed by atoms with van der Waals surface area (Å²) in [7, 11) is 0. The third-order valence-electron chi connectivity index (χ3n) is 3.61. The molecule has 3 N–H and O–H groups in total. The first kappa shape index (κ1) is 18.6. The molecule has 0 fully saturated rings. The van der Waals surface area contributed by atoms with Crippen LogP contribution in [0.25, 0.3) is 11.3 Å². The second-order valence-electron chi connectivity index (χ2n) is 5.61. The molecular formula is C20H18N2O4S. The summed E-state index contributed by atoms with van der Waals surface area (Å²) in [5.74, 6) is 1.44. The van der Waals surface area contributed by atoms with E-state index in [4.69, 9.17) is 26.5 Å². The number of thiocarbonyl (C=S) groups is 1. The van der Waals surface area contributed by atoms with Gasteiger partial charge in [0, 0.05) is 11.3 Å². The molecule has 0 atom stereocenters. The Balaban J connectivity index is 1.49. The van der Waals surface area contributed by atoms with Crippen molar-refractivity contribution in [2.75, 3.05) is 11.9 Å². The number of hydrogen-bond acceptors (Lipinski definition) is 5. The highest BCUT2D eigenvalue weighted by atomic mass is 32.1. The van der Waals surface area contributed by atoms with Crippen LogP contribution in [0.1, 0.15) is 5.76 Å². The van der Waals surface area contributed by atoms with Crippen molar-refractivity contribution in [3.63, 3.8) is 0 Å². The molecule has 0 aliphatic rings. The third-order valence-corrected chi connectivity index (χ3v) is 3.81. The lowest BCUT2D eigenvalue weighted by atomic mass is 10.1. The molecule has 0 saturated carbocycles. The summed E-state index contributed by atoms with van der Waals surface area (Å²) in [4.78, 5) is 11.9. The molecule has 0 spiro atoms. The number of benzene rings is 2. The number of ether oxygens (including phenoxy) is 1. The molecule has 2 aromatic carbocycles. The Bertz CT molecular complexity index is 907. The summed E-state index contributed by atoms with van der Waals surface area (Å²) >= 11 is 5.14. The normalized spacial score (nSPS) is 10.3. The lowest BCUT2D eigenvalue weighted by molar-refractivity contribution is -0.121. The van der Waals surface area contributed by atoms with Crippen LogP contribution in [0.5, 0.6) is 5.75 Å². The van der Waals surface area contributed by atoms with Gasteiger partial charge in [-0.15, -0.1) is 0 Å². The van der Waals surface area contributed by atoms with Crippen molar-refractivity contribution in [3.05, 3.63) is 72.5 Å². The number of aliphatic hydroxyl groups is 1. The van der Waals surface area contributed by atoms with Gasteiger partial charge in [-0.05, 0) is 60.7 Å². The van der Waals surface area contributed by atoms with Crippen molar-refractivity contribution in [1.82, 2.24) is 5.32 Å². The van der Waals surface area contributed by atoms with E-state index in [0.29, 0.717) is 17.3 Å². The first-order chi connectivity index (χ1) is 13.1. The number of hydrogen-bond donors (Lipinski definition) is 3. The van der Waals surface area contributed by atoms with E-state index in [9.17, 15) is 4.79 Å². The zero-order chi connectivity index (χ0) is 19.1. The first-order valence-corrected chi connectivity index (χ1v) is 8.63. The molecule has 1 amide bonds. The number of para-hydroxylation sites is 1. The number of aliphatic hydroxyl groups excluding tert-OH is 1. The summed E-state index contributed by atoms with van der Waals surface area (Å²) < 4.78 is 10.9. The Morgan fingerprint density at radius 1 is 1.04 bits per heavy atom. The zero-order valence-electron chi connectivity index (χ0n) is 14.3. The summed E-state index contributed by atoms with van der Waals surface area (Å²) in [5, 5.41) is 14.7. The summed E-state index contributed by atoms with van der Waals surface area (Å²) in [6.07, 6.45) is 0. The molecule has 0 bridgehead atoms. The molecular weight excluding hydrogens is 364 g/mol. The van der Waals surface area contributed by atoms with Crippen LogP contribution in [0.4, 0.5) is 5.69 Å². The maximum Gasteiger partial charge on any atom is 0.264 e. The molecule has 1 heterocycles. The van der Waals surface area contributed by atoms with Crippen LogP contribution in [0.2, 0.25) is 0 Å². The number of furan rings is 1. The minimum atomic E-state index is -0.347. The Labute approximate surface area is 161 Å². The van der Waals surface area contributed by atoms with Crippen molar-refractivity contribution in [2.45, 2.75) is 6.61 Å². The van der Waals surface area contributed by atoms with Crippen LogP contribution in [0, 0.1) is 0 Å². The maximum absolute atomic E-state index is 11.9. The molecule has 3 aromatic rings. The van der Waals surface area contributed by atoms with Gasteiger partial charge in [-0.2, -0.15) is 0 Å². The topological polar surface area (TPSA) is 83.7 Å². The van der Waals surface area contributed by atoms with Crippen molar-refractivity contribution >= 4 is 28.9 Å². The van der Waals surface area contributed by atoms with Gasteiger partial charge in [-0.25, -0.2) is 0 Å². The maximum atomic E-state index is 11.9.